The topological polar surface area (TPSA) is 71.5 Å². The van der Waals surface area contributed by atoms with Crippen LogP contribution in [-0.2, 0) is 0 Å². The standard InChI is InChI=1S/C20H25N5O2/c1-15-8-16(11-21-10-15)19(26)25-7-5-20(13-25)4-3-6-24(12-20)17-9-18(27-2)23-14-22-17/h8-11,14H,3-7,12-13H2,1-2H3/t20-/m0/s1. The van der Waals surface area contributed by atoms with Gasteiger partial charge in [-0.3, -0.25) is 9.78 Å². The molecule has 142 valence electrons. The molecule has 0 radical (unpaired) electrons. The highest BCUT2D eigenvalue weighted by Crippen LogP contribution is 2.40. The average molecular weight is 367 g/mol. The van der Waals surface area contributed by atoms with E-state index in [2.05, 4.69) is 19.9 Å². The van der Waals surface area contributed by atoms with Crippen LogP contribution in [0, 0.1) is 12.3 Å². The van der Waals surface area contributed by atoms with Gasteiger partial charge in [-0.15, -0.1) is 0 Å². The van der Waals surface area contributed by atoms with Gasteiger partial charge in [0, 0.05) is 50.1 Å². The number of aromatic nitrogens is 3. The molecule has 1 atom stereocenters. The van der Waals surface area contributed by atoms with E-state index in [0.717, 1.165) is 56.8 Å². The van der Waals surface area contributed by atoms with Gasteiger partial charge in [0.15, 0.2) is 0 Å². The number of carbonyl (C=O) groups is 1. The van der Waals surface area contributed by atoms with Crippen LogP contribution < -0.4 is 9.64 Å². The summed E-state index contributed by atoms with van der Waals surface area (Å²) in [6.07, 6.45) is 8.25. The fourth-order valence-electron chi connectivity index (χ4n) is 4.31. The Bertz CT molecular complexity index is 843. The molecule has 27 heavy (non-hydrogen) atoms. The highest BCUT2D eigenvalue weighted by molar-refractivity contribution is 5.94. The number of hydrogen-bond donors (Lipinski definition) is 0. The van der Waals surface area contributed by atoms with Crippen molar-refractivity contribution in [2.75, 3.05) is 38.2 Å². The smallest absolute Gasteiger partial charge is 0.255 e. The number of amides is 1. The van der Waals surface area contributed by atoms with Crippen LogP contribution in [0.15, 0.2) is 30.9 Å². The minimum absolute atomic E-state index is 0.0869. The number of rotatable bonds is 3. The van der Waals surface area contributed by atoms with E-state index in [9.17, 15) is 4.79 Å². The molecule has 2 aromatic rings. The molecule has 7 heteroatoms. The van der Waals surface area contributed by atoms with E-state index in [1.165, 1.54) is 0 Å². The highest BCUT2D eigenvalue weighted by Gasteiger charge is 2.43. The monoisotopic (exact) mass is 367 g/mol. The summed E-state index contributed by atoms with van der Waals surface area (Å²) in [4.78, 5) is 29.9. The molecule has 0 aromatic carbocycles. The number of pyridine rings is 1. The Hall–Kier alpha value is -2.70. The minimum Gasteiger partial charge on any atom is -0.481 e. The molecular formula is C20H25N5O2. The van der Waals surface area contributed by atoms with E-state index in [-0.39, 0.29) is 11.3 Å². The van der Waals surface area contributed by atoms with Gasteiger partial charge in [-0.2, -0.15) is 0 Å². The lowest BCUT2D eigenvalue weighted by atomic mass is 9.79. The summed E-state index contributed by atoms with van der Waals surface area (Å²) in [5.74, 6) is 1.56. The van der Waals surface area contributed by atoms with Gasteiger partial charge in [-0.25, -0.2) is 9.97 Å². The number of piperidine rings is 1. The molecular weight excluding hydrogens is 342 g/mol. The van der Waals surface area contributed by atoms with Crippen molar-refractivity contribution in [3.8, 4) is 5.88 Å². The summed E-state index contributed by atoms with van der Waals surface area (Å²) in [5, 5.41) is 0. The van der Waals surface area contributed by atoms with Gasteiger partial charge in [0.2, 0.25) is 5.88 Å². The molecule has 1 spiro atoms. The third-order valence-electron chi connectivity index (χ3n) is 5.67. The van der Waals surface area contributed by atoms with Gasteiger partial charge in [0.1, 0.15) is 12.1 Å². The van der Waals surface area contributed by atoms with Crippen LogP contribution in [-0.4, -0.2) is 59.0 Å². The molecule has 2 aromatic heterocycles. The van der Waals surface area contributed by atoms with Crippen LogP contribution >= 0.6 is 0 Å². The molecule has 7 nitrogen and oxygen atoms in total. The number of ether oxygens (including phenoxy) is 1. The number of nitrogens with zero attached hydrogens (tertiary/aromatic N) is 5. The van der Waals surface area contributed by atoms with E-state index in [0.29, 0.717) is 11.4 Å². The Morgan fingerprint density at radius 2 is 2.04 bits per heavy atom. The van der Waals surface area contributed by atoms with Crippen LogP contribution in [0.25, 0.3) is 0 Å². The van der Waals surface area contributed by atoms with Crippen LogP contribution in [0.2, 0.25) is 0 Å². The fraction of sp³-hybridized carbons (Fsp3) is 0.500. The highest BCUT2D eigenvalue weighted by atomic mass is 16.5. The number of anilines is 1. The number of methoxy groups -OCH3 is 1. The Labute approximate surface area is 159 Å². The third-order valence-corrected chi connectivity index (χ3v) is 5.67. The van der Waals surface area contributed by atoms with Crippen molar-refractivity contribution in [3.05, 3.63) is 42.0 Å². The lowest BCUT2D eigenvalue weighted by Crippen LogP contribution is -2.45. The van der Waals surface area contributed by atoms with Crippen LogP contribution in [0.1, 0.15) is 35.2 Å². The van der Waals surface area contributed by atoms with E-state index in [1.807, 2.05) is 24.0 Å². The Morgan fingerprint density at radius 3 is 2.85 bits per heavy atom. The predicted molar refractivity (Wildman–Crippen MR) is 102 cm³/mol. The van der Waals surface area contributed by atoms with Crippen molar-refractivity contribution < 1.29 is 9.53 Å². The van der Waals surface area contributed by atoms with Crippen LogP contribution in [0.4, 0.5) is 5.82 Å². The molecule has 2 fully saturated rings. The SMILES string of the molecule is COc1cc(N2CCC[C@]3(CCN(C(=O)c4cncc(C)c4)C3)C2)ncn1. The van der Waals surface area contributed by atoms with Crippen LogP contribution in [0.3, 0.4) is 0 Å². The second kappa shape index (κ2) is 7.13. The van der Waals surface area contributed by atoms with E-state index < -0.39 is 0 Å². The zero-order chi connectivity index (χ0) is 18.9. The molecule has 4 heterocycles. The molecule has 0 unspecified atom stereocenters. The van der Waals surface area contributed by atoms with Crippen molar-refractivity contribution in [2.45, 2.75) is 26.2 Å². The third kappa shape index (κ3) is 3.59. The molecule has 2 aliphatic heterocycles. The van der Waals surface area contributed by atoms with Crippen molar-refractivity contribution in [2.24, 2.45) is 5.41 Å². The summed E-state index contributed by atoms with van der Waals surface area (Å²) in [5.41, 5.74) is 1.82. The normalized spacial score (nSPS) is 22.3. The Kier molecular flexibility index (Phi) is 4.68. The zero-order valence-corrected chi connectivity index (χ0v) is 15.9. The largest absolute Gasteiger partial charge is 0.481 e. The van der Waals surface area contributed by atoms with Gasteiger partial charge < -0.3 is 14.5 Å². The second-order valence-electron chi connectivity index (χ2n) is 7.67. The van der Waals surface area contributed by atoms with Gasteiger partial charge in [-0.1, -0.05) is 0 Å². The van der Waals surface area contributed by atoms with Gasteiger partial charge in [0.05, 0.1) is 12.7 Å². The van der Waals surface area contributed by atoms with Crippen LogP contribution in [0.5, 0.6) is 5.88 Å². The first kappa shape index (κ1) is 17.7. The maximum absolute atomic E-state index is 12.9. The Morgan fingerprint density at radius 1 is 1.15 bits per heavy atom. The minimum atomic E-state index is 0.0869. The lowest BCUT2D eigenvalue weighted by Gasteiger charge is -2.41. The summed E-state index contributed by atoms with van der Waals surface area (Å²) < 4.78 is 5.23. The molecule has 0 N–H and O–H groups in total. The van der Waals surface area contributed by atoms with Gasteiger partial charge >= 0.3 is 0 Å². The second-order valence-corrected chi connectivity index (χ2v) is 7.67. The maximum Gasteiger partial charge on any atom is 0.255 e. The molecule has 1 amide bonds. The van der Waals surface area contributed by atoms with E-state index in [1.54, 1.807) is 25.8 Å². The maximum atomic E-state index is 12.9. The van der Waals surface area contributed by atoms with Gasteiger partial charge in [0.25, 0.3) is 5.91 Å². The zero-order valence-electron chi connectivity index (χ0n) is 15.9. The first-order chi connectivity index (χ1) is 13.1. The Balaban J connectivity index is 1.48. The molecule has 2 saturated heterocycles. The summed E-state index contributed by atoms with van der Waals surface area (Å²) >= 11 is 0. The molecule has 0 saturated carbocycles. The predicted octanol–water partition coefficient (Wildman–Crippen LogP) is 2.32. The summed E-state index contributed by atoms with van der Waals surface area (Å²) in [6.45, 7) is 5.43. The number of carbonyl (C=O) groups excluding carboxylic acids is 1. The number of likely N-dealkylation sites (tertiary alicyclic amines) is 1. The van der Waals surface area contributed by atoms with Gasteiger partial charge in [-0.05, 0) is 37.8 Å². The van der Waals surface area contributed by atoms with E-state index in [4.69, 9.17) is 4.74 Å². The molecule has 0 aliphatic carbocycles. The molecule has 4 rings (SSSR count). The quantitative estimate of drug-likeness (QED) is 0.829. The molecule has 0 bridgehead atoms. The van der Waals surface area contributed by atoms with E-state index >= 15 is 0 Å². The van der Waals surface area contributed by atoms with Crippen molar-refractivity contribution >= 4 is 11.7 Å². The first-order valence-electron chi connectivity index (χ1n) is 9.40. The molecule has 2 aliphatic rings. The van der Waals surface area contributed by atoms with Crippen molar-refractivity contribution in [1.29, 1.82) is 0 Å². The number of aryl methyl sites for hydroxylation is 1. The summed E-state index contributed by atoms with van der Waals surface area (Å²) in [7, 11) is 1.62. The lowest BCUT2D eigenvalue weighted by molar-refractivity contribution is 0.0767. The average Bonchev–Trinajstić information content (AvgIpc) is 3.10. The van der Waals surface area contributed by atoms with Crippen molar-refractivity contribution in [1.82, 2.24) is 19.9 Å². The number of hydrogen-bond acceptors (Lipinski definition) is 6. The van der Waals surface area contributed by atoms with Crippen molar-refractivity contribution in [3.63, 3.8) is 0 Å². The first-order valence-corrected chi connectivity index (χ1v) is 9.40. The fourth-order valence-corrected chi connectivity index (χ4v) is 4.31. The summed E-state index contributed by atoms with van der Waals surface area (Å²) in [6, 6.07) is 3.80.